The van der Waals surface area contributed by atoms with Crippen LogP contribution in [0.3, 0.4) is 0 Å². The number of rotatable bonds is 4. The molecule has 2 aromatic rings. The Hall–Kier alpha value is -2.15. The van der Waals surface area contributed by atoms with Crippen molar-refractivity contribution in [2.24, 2.45) is 0 Å². The number of nitrogens with zero attached hydrogens (tertiary/aromatic N) is 3. The van der Waals surface area contributed by atoms with Crippen molar-refractivity contribution < 1.29 is 14.4 Å². The molecule has 0 bridgehead atoms. The lowest BCUT2D eigenvalue weighted by atomic mass is 10.3. The summed E-state index contributed by atoms with van der Waals surface area (Å²) in [4.78, 5) is 9.95. The average Bonchev–Trinajstić information content (AvgIpc) is 2.87. The molecule has 90 valence electrons. The van der Waals surface area contributed by atoms with Gasteiger partial charge < -0.3 is 9.52 Å². The number of aliphatic hydroxyl groups is 1. The third-order valence-corrected chi connectivity index (χ3v) is 2.24. The van der Waals surface area contributed by atoms with Crippen molar-refractivity contribution in [1.29, 1.82) is 0 Å². The fourth-order valence-electron chi connectivity index (χ4n) is 1.40. The van der Waals surface area contributed by atoms with Crippen molar-refractivity contribution in [2.45, 2.75) is 19.6 Å². The summed E-state index contributed by atoms with van der Waals surface area (Å²) >= 11 is 0. The van der Waals surface area contributed by atoms with Crippen LogP contribution in [0.5, 0.6) is 0 Å². The van der Waals surface area contributed by atoms with Gasteiger partial charge in [0, 0.05) is 0 Å². The highest BCUT2D eigenvalue weighted by Gasteiger charge is 2.11. The summed E-state index contributed by atoms with van der Waals surface area (Å²) in [6, 6.07) is 3.37. The molecular weight excluding hydrogens is 226 g/mol. The number of aliphatic hydroxyl groups excluding tert-OH is 1. The first-order valence-corrected chi connectivity index (χ1v) is 5.00. The van der Waals surface area contributed by atoms with E-state index in [0.717, 1.165) is 0 Å². The molecule has 1 N–H and O–H groups in total. The Bertz CT molecular complexity index is 529. The monoisotopic (exact) mass is 237 g/mol. The van der Waals surface area contributed by atoms with E-state index in [1.807, 2.05) is 0 Å². The van der Waals surface area contributed by atoms with E-state index in [1.165, 1.54) is 17.1 Å². The standard InChI is InChI=1S/C10H11N3O4/c1-7(14)10-3-2-9(17-10)6-12-5-8(4-11-12)13(15)16/h2-5,7,14H,6H2,1H3. The highest BCUT2D eigenvalue weighted by Crippen LogP contribution is 2.17. The molecule has 0 aliphatic heterocycles. The minimum atomic E-state index is -0.671. The Balaban J connectivity index is 2.11. The lowest BCUT2D eigenvalue weighted by molar-refractivity contribution is -0.385. The van der Waals surface area contributed by atoms with Crippen LogP contribution in [-0.2, 0) is 6.54 Å². The highest BCUT2D eigenvalue weighted by molar-refractivity contribution is 5.21. The molecule has 0 saturated heterocycles. The molecule has 0 fully saturated rings. The van der Waals surface area contributed by atoms with Crippen molar-refractivity contribution in [3.63, 3.8) is 0 Å². The molecule has 0 aromatic carbocycles. The van der Waals surface area contributed by atoms with Gasteiger partial charge in [-0.05, 0) is 19.1 Å². The number of aromatic nitrogens is 2. The van der Waals surface area contributed by atoms with Crippen LogP contribution in [0.2, 0.25) is 0 Å². The highest BCUT2D eigenvalue weighted by atomic mass is 16.6. The number of furan rings is 1. The predicted molar refractivity (Wildman–Crippen MR) is 57.3 cm³/mol. The van der Waals surface area contributed by atoms with Gasteiger partial charge >= 0.3 is 5.69 Å². The Kier molecular flexibility index (Phi) is 2.92. The van der Waals surface area contributed by atoms with Crippen LogP contribution < -0.4 is 0 Å². The van der Waals surface area contributed by atoms with Crippen LogP contribution in [0.4, 0.5) is 5.69 Å². The Labute approximate surface area is 96.4 Å². The van der Waals surface area contributed by atoms with Gasteiger partial charge in [0.2, 0.25) is 0 Å². The quantitative estimate of drug-likeness (QED) is 0.642. The van der Waals surface area contributed by atoms with Gasteiger partial charge in [0.15, 0.2) is 0 Å². The summed E-state index contributed by atoms with van der Waals surface area (Å²) in [5, 5.41) is 23.6. The fraction of sp³-hybridized carbons (Fsp3) is 0.300. The lowest BCUT2D eigenvalue weighted by Crippen LogP contribution is -1.98. The largest absolute Gasteiger partial charge is 0.461 e. The predicted octanol–water partition coefficient (Wildman–Crippen LogP) is 1.49. The average molecular weight is 237 g/mol. The van der Waals surface area contributed by atoms with Gasteiger partial charge in [-0.25, -0.2) is 0 Å². The van der Waals surface area contributed by atoms with Gasteiger partial charge in [-0.2, -0.15) is 5.10 Å². The first kappa shape index (κ1) is 11.3. The Morgan fingerprint density at radius 1 is 1.65 bits per heavy atom. The molecule has 0 radical (unpaired) electrons. The minimum absolute atomic E-state index is 0.0627. The van der Waals surface area contributed by atoms with Crippen molar-refractivity contribution in [2.75, 3.05) is 0 Å². The maximum absolute atomic E-state index is 10.5. The zero-order valence-electron chi connectivity index (χ0n) is 9.11. The Morgan fingerprint density at radius 2 is 2.41 bits per heavy atom. The zero-order valence-corrected chi connectivity index (χ0v) is 9.11. The van der Waals surface area contributed by atoms with Crippen LogP contribution in [0.25, 0.3) is 0 Å². The van der Waals surface area contributed by atoms with Crippen molar-refractivity contribution in [3.8, 4) is 0 Å². The van der Waals surface area contributed by atoms with E-state index in [9.17, 15) is 15.2 Å². The number of hydrogen-bond acceptors (Lipinski definition) is 5. The third-order valence-electron chi connectivity index (χ3n) is 2.24. The summed E-state index contributed by atoms with van der Waals surface area (Å²) in [5.41, 5.74) is -0.0627. The number of nitro groups is 1. The van der Waals surface area contributed by atoms with E-state index in [1.54, 1.807) is 19.1 Å². The summed E-state index contributed by atoms with van der Waals surface area (Å²) < 4.78 is 6.74. The third kappa shape index (κ3) is 2.51. The molecule has 2 rings (SSSR count). The number of hydrogen-bond donors (Lipinski definition) is 1. The topological polar surface area (TPSA) is 94.3 Å². The van der Waals surface area contributed by atoms with E-state index < -0.39 is 11.0 Å². The maximum atomic E-state index is 10.5. The fourth-order valence-corrected chi connectivity index (χ4v) is 1.40. The van der Waals surface area contributed by atoms with Gasteiger partial charge in [0.25, 0.3) is 0 Å². The summed E-state index contributed by atoms with van der Waals surface area (Å²) in [6.45, 7) is 1.89. The van der Waals surface area contributed by atoms with Crippen LogP contribution in [0.1, 0.15) is 24.5 Å². The van der Waals surface area contributed by atoms with Crippen LogP contribution in [-0.4, -0.2) is 19.8 Å². The second kappa shape index (κ2) is 4.38. The molecule has 0 saturated carbocycles. The molecule has 1 atom stereocenters. The molecule has 1 unspecified atom stereocenters. The first-order chi connectivity index (χ1) is 8.06. The van der Waals surface area contributed by atoms with Gasteiger partial charge in [0.05, 0.1) is 11.5 Å². The van der Waals surface area contributed by atoms with Crippen molar-refractivity contribution >= 4 is 5.69 Å². The van der Waals surface area contributed by atoms with Gasteiger partial charge in [-0.1, -0.05) is 0 Å². The molecule has 7 heteroatoms. The van der Waals surface area contributed by atoms with E-state index in [2.05, 4.69) is 5.10 Å². The second-order valence-corrected chi connectivity index (χ2v) is 3.63. The van der Waals surface area contributed by atoms with Crippen molar-refractivity contribution in [1.82, 2.24) is 9.78 Å². The van der Waals surface area contributed by atoms with Crippen molar-refractivity contribution in [3.05, 3.63) is 46.2 Å². The zero-order chi connectivity index (χ0) is 12.4. The second-order valence-electron chi connectivity index (χ2n) is 3.63. The SMILES string of the molecule is CC(O)c1ccc(Cn2cc([N+](=O)[O-])cn2)o1. The van der Waals surface area contributed by atoms with E-state index >= 15 is 0 Å². The molecular formula is C10H11N3O4. The molecule has 0 amide bonds. The molecule has 0 spiro atoms. The van der Waals surface area contributed by atoms with Gasteiger partial charge in [-0.15, -0.1) is 0 Å². The van der Waals surface area contributed by atoms with Gasteiger partial charge in [0.1, 0.15) is 30.0 Å². The van der Waals surface area contributed by atoms with E-state index in [-0.39, 0.29) is 5.69 Å². The molecule has 2 aromatic heterocycles. The maximum Gasteiger partial charge on any atom is 0.307 e. The molecule has 2 heterocycles. The normalized spacial score (nSPS) is 12.6. The lowest BCUT2D eigenvalue weighted by Gasteiger charge is -1.99. The molecule has 0 aliphatic carbocycles. The summed E-state index contributed by atoms with van der Waals surface area (Å²) in [7, 11) is 0. The molecule has 17 heavy (non-hydrogen) atoms. The smallest absolute Gasteiger partial charge is 0.307 e. The molecule has 7 nitrogen and oxygen atoms in total. The summed E-state index contributed by atoms with van der Waals surface area (Å²) in [5.74, 6) is 1.04. The molecule has 0 aliphatic rings. The van der Waals surface area contributed by atoms with Gasteiger partial charge in [-0.3, -0.25) is 14.8 Å². The summed E-state index contributed by atoms with van der Waals surface area (Å²) in [6.07, 6.45) is 1.83. The van der Waals surface area contributed by atoms with E-state index in [4.69, 9.17) is 4.42 Å². The van der Waals surface area contributed by atoms with Crippen LogP contribution >= 0.6 is 0 Å². The Morgan fingerprint density at radius 3 is 2.94 bits per heavy atom. The van der Waals surface area contributed by atoms with Crippen LogP contribution in [0.15, 0.2) is 28.9 Å². The first-order valence-electron chi connectivity index (χ1n) is 5.00. The van der Waals surface area contributed by atoms with E-state index in [0.29, 0.717) is 18.1 Å². The minimum Gasteiger partial charge on any atom is -0.461 e. The van der Waals surface area contributed by atoms with Crippen LogP contribution in [0, 0.1) is 10.1 Å².